The number of rotatable bonds is 5. The standard InChI is InChI=1S/C16H10Cl2F3NO5/c1-2-14(23)26-9-6-11(17)15(12(18)7-9)27-8-3-4-13(22(24)25)10(5-8)16(19,20)21/h3-7H,2H2,1H3. The molecule has 0 radical (unpaired) electrons. The zero-order valence-electron chi connectivity index (χ0n) is 13.5. The first-order chi connectivity index (χ1) is 12.5. The maximum absolute atomic E-state index is 13.0. The van der Waals surface area contributed by atoms with E-state index in [4.69, 9.17) is 32.7 Å². The normalized spacial score (nSPS) is 11.2. The van der Waals surface area contributed by atoms with E-state index in [0.29, 0.717) is 12.1 Å². The first-order valence-electron chi connectivity index (χ1n) is 7.26. The molecule has 0 N–H and O–H groups in total. The second-order valence-electron chi connectivity index (χ2n) is 5.08. The minimum atomic E-state index is -4.96. The smallest absolute Gasteiger partial charge is 0.423 e. The van der Waals surface area contributed by atoms with Gasteiger partial charge >= 0.3 is 12.1 Å². The minimum absolute atomic E-state index is 0.0314. The van der Waals surface area contributed by atoms with E-state index in [-0.39, 0.29) is 33.7 Å². The molecule has 0 spiro atoms. The molecule has 11 heteroatoms. The Morgan fingerprint density at radius 3 is 2.22 bits per heavy atom. The summed E-state index contributed by atoms with van der Waals surface area (Å²) in [6.07, 6.45) is -4.86. The number of nitro benzene ring substituents is 1. The van der Waals surface area contributed by atoms with Crippen LogP contribution in [0.25, 0.3) is 0 Å². The predicted octanol–water partition coefficient (Wildman–Crippen LogP) is 6.03. The Balaban J connectivity index is 2.40. The molecule has 0 aliphatic carbocycles. The molecule has 2 rings (SSSR count). The number of carbonyl (C=O) groups excluding carboxylic acids is 1. The van der Waals surface area contributed by atoms with Crippen LogP contribution in [0.2, 0.25) is 10.0 Å². The van der Waals surface area contributed by atoms with Gasteiger partial charge in [0.25, 0.3) is 5.69 Å². The SMILES string of the molecule is CCC(=O)Oc1cc(Cl)c(Oc2ccc([N+](=O)[O-])c(C(F)(F)F)c2)c(Cl)c1. The predicted molar refractivity (Wildman–Crippen MR) is 90.6 cm³/mol. The quantitative estimate of drug-likeness (QED) is 0.254. The Bertz CT molecular complexity index is 879. The molecule has 0 saturated heterocycles. The molecule has 0 heterocycles. The first kappa shape index (κ1) is 20.8. The van der Waals surface area contributed by atoms with Crippen LogP contribution >= 0.6 is 23.2 Å². The maximum atomic E-state index is 13.0. The second-order valence-corrected chi connectivity index (χ2v) is 5.89. The summed E-state index contributed by atoms with van der Waals surface area (Å²) >= 11 is 12.0. The number of nitro groups is 1. The van der Waals surface area contributed by atoms with Crippen molar-refractivity contribution in [2.24, 2.45) is 0 Å². The van der Waals surface area contributed by atoms with Crippen molar-refractivity contribution in [3.63, 3.8) is 0 Å². The molecule has 0 aliphatic rings. The lowest BCUT2D eigenvalue weighted by Gasteiger charge is -2.13. The number of nitrogens with zero attached hydrogens (tertiary/aromatic N) is 1. The van der Waals surface area contributed by atoms with Gasteiger partial charge in [-0.25, -0.2) is 0 Å². The van der Waals surface area contributed by atoms with Gasteiger partial charge in [-0.3, -0.25) is 14.9 Å². The number of hydrogen-bond acceptors (Lipinski definition) is 5. The van der Waals surface area contributed by atoms with Crippen LogP contribution in [0.4, 0.5) is 18.9 Å². The van der Waals surface area contributed by atoms with E-state index >= 15 is 0 Å². The van der Waals surface area contributed by atoms with Crippen molar-refractivity contribution in [2.45, 2.75) is 19.5 Å². The fourth-order valence-electron chi connectivity index (χ4n) is 1.98. The van der Waals surface area contributed by atoms with Crippen molar-refractivity contribution in [3.8, 4) is 17.2 Å². The van der Waals surface area contributed by atoms with E-state index in [1.165, 1.54) is 12.1 Å². The van der Waals surface area contributed by atoms with Crippen molar-refractivity contribution >= 4 is 34.9 Å². The Morgan fingerprint density at radius 1 is 1.15 bits per heavy atom. The largest absolute Gasteiger partial charge is 0.454 e. The summed E-state index contributed by atoms with van der Waals surface area (Å²) in [5.41, 5.74) is -2.60. The van der Waals surface area contributed by atoms with E-state index < -0.39 is 28.3 Å². The lowest BCUT2D eigenvalue weighted by atomic mass is 10.1. The first-order valence-corrected chi connectivity index (χ1v) is 8.01. The molecule has 0 bridgehead atoms. The molecule has 0 fully saturated rings. The third-order valence-corrected chi connectivity index (χ3v) is 3.74. The summed E-state index contributed by atoms with van der Waals surface area (Å²) in [7, 11) is 0. The van der Waals surface area contributed by atoms with Crippen LogP contribution in [0, 0.1) is 10.1 Å². The van der Waals surface area contributed by atoms with Gasteiger partial charge in [0.05, 0.1) is 15.0 Å². The van der Waals surface area contributed by atoms with Crippen molar-refractivity contribution in [3.05, 3.63) is 56.1 Å². The van der Waals surface area contributed by atoms with E-state index in [1.54, 1.807) is 6.92 Å². The fraction of sp³-hybridized carbons (Fsp3) is 0.188. The number of carbonyl (C=O) groups is 1. The molecule has 0 aliphatic heterocycles. The molecule has 2 aromatic carbocycles. The molecule has 6 nitrogen and oxygen atoms in total. The van der Waals surface area contributed by atoms with Gasteiger partial charge in [0.2, 0.25) is 0 Å². The summed E-state index contributed by atoms with van der Waals surface area (Å²) in [5.74, 6) is -1.07. The van der Waals surface area contributed by atoms with Crippen molar-refractivity contribution in [2.75, 3.05) is 0 Å². The topological polar surface area (TPSA) is 78.7 Å². The zero-order chi connectivity index (χ0) is 20.4. The summed E-state index contributed by atoms with van der Waals surface area (Å²) in [6, 6.07) is 4.51. The highest BCUT2D eigenvalue weighted by Gasteiger charge is 2.38. The number of benzene rings is 2. The van der Waals surface area contributed by atoms with Crippen LogP contribution in [0.1, 0.15) is 18.9 Å². The molecule has 27 heavy (non-hydrogen) atoms. The summed E-state index contributed by atoms with van der Waals surface area (Å²) in [5, 5.41) is 10.5. The van der Waals surface area contributed by atoms with E-state index in [2.05, 4.69) is 0 Å². The number of halogens is 5. The third kappa shape index (κ3) is 5.01. The lowest BCUT2D eigenvalue weighted by Crippen LogP contribution is -2.09. The van der Waals surface area contributed by atoms with Gasteiger partial charge in [0.15, 0.2) is 5.75 Å². The Hall–Kier alpha value is -2.52. The highest BCUT2D eigenvalue weighted by Crippen LogP contribution is 2.42. The molecule has 0 aromatic heterocycles. The highest BCUT2D eigenvalue weighted by molar-refractivity contribution is 6.37. The van der Waals surface area contributed by atoms with Crippen LogP contribution in [-0.4, -0.2) is 10.9 Å². The second kappa shape index (κ2) is 8.01. The maximum Gasteiger partial charge on any atom is 0.423 e. The van der Waals surface area contributed by atoms with E-state index in [0.717, 1.165) is 6.07 Å². The van der Waals surface area contributed by atoms with Gasteiger partial charge in [-0.2, -0.15) is 13.2 Å². The molecule has 0 unspecified atom stereocenters. The summed E-state index contributed by atoms with van der Waals surface area (Å²) in [4.78, 5) is 20.9. The van der Waals surface area contributed by atoms with Crippen LogP contribution in [0.15, 0.2) is 30.3 Å². The molecular weight excluding hydrogens is 414 g/mol. The average Bonchev–Trinajstić information content (AvgIpc) is 2.57. The highest BCUT2D eigenvalue weighted by atomic mass is 35.5. The van der Waals surface area contributed by atoms with Crippen LogP contribution in [0.5, 0.6) is 17.2 Å². The fourth-order valence-corrected chi connectivity index (χ4v) is 2.52. The molecule has 2 aromatic rings. The number of alkyl halides is 3. The molecule has 0 atom stereocenters. The minimum Gasteiger partial charge on any atom is -0.454 e. The van der Waals surface area contributed by atoms with Crippen molar-refractivity contribution in [1.82, 2.24) is 0 Å². The van der Waals surface area contributed by atoms with Gasteiger partial charge in [-0.15, -0.1) is 0 Å². The van der Waals surface area contributed by atoms with Gasteiger partial charge < -0.3 is 9.47 Å². The van der Waals surface area contributed by atoms with E-state index in [1.807, 2.05) is 0 Å². The molecule has 144 valence electrons. The lowest BCUT2D eigenvalue weighted by molar-refractivity contribution is -0.388. The molecule has 0 amide bonds. The van der Waals surface area contributed by atoms with Crippen molar-refractivity contribution in [1.29, 1.82) is 0 Å². The van der Waals surface area contributed by atoms with Crippen LogP contribution in [-0.2, 0) is 11.0 Å². The van der Waals surface area contributed by atoms with Crippen LogP contribution < -0.4 is 9.47 Å². The summed E-state index contributed by atoms with van der Waals surface area (Å²) in [6.45, 7) is 1.58. The van der Waals surface area contributed by atoms with Gasteiger partial charge in [-0.05, 0) is 12.1 Å². The monoisotopic (exact) mass is 423 g/mol. The van der Waals surface area contributed by atoms with E-state index in [9.17, 15) is 28.1 Å². The average molecular weight is 424 g/mol. The van der Waals surface area contributed by atoms with Gasteiger partial charge in [-0.1, -0.05) is 30.1 Å². The van der Waals surface area contributed by atoms with Crippen molar-refractivity contribution < 1.29 is 32.4 Å². The van der Waals surface area contributed by atoms with Crippen LogP contribution in [0.3, 0.4) is 0 Å². The van der Waals surface area contributed by atoms with Gasteiger partial charge in [0.1, 0.15) is 17.1 Å². The molecule has 0 saturated carbocycles. The van der Waals surface area contributed by atoms with Gasteiger partial charge in [0, 0.05) is 24.6 Å². The number of ether oxygens (including phenoxy) is 2. The Kier molecular flexibility index (Phi) is 6.17. The Morgan fingerprint density at radius 2 is 1.74 bits per heavy atom. The molecular formula is C16H10Cl2F3NO5. The summed E-state index contributed by atoms with van der Waals surface area (Å²) < 4.78 is 49.3. The zero-order valence-corrected chi connectivity index (χ0v) is 15.0. The number of esters is 1. The third-order valence-electron chi connectivity index (χ3n) is 3.18. The Labute approximate surface area is 160 Å². The number of hydrogen-bond donors (Lipinski definition) is 0.